The molecule has 3 rings (SSSR count). The van der Waals surface area contributed by atoms with Crippen LogP contribution in [-0.4, -0.2) is 32.7 Å². The van der Waals surface area contributed by atoms with Crippen molar-refractivity contribution in [1.29, 1.82) is 0 Å². The van der Waals surface area contributed by atoms with Gasteiger partial charge >= 0.3 is 0 Å². The number of anilines is 3. The summed E-state index contributed by atoms with van der Waals surface area (Å²) in [5, 5.41) is 16.2. The molecule has 6 nitrogen and oxygen atoms in total. The maximum atomic E-state index is 9.66. The van der Waals surface area contributed by atoms with Crippen molar-refractivity contribution in [2.45, 2.75) is 26.8 Å². The predicted molar refractivity (Wildman–Crippen MR) is 117 cm³/mol. The Labute approximate surface area is 173 Å². The molecule has 0 aliphatic heterocycles. The quantitative estimate of drug-likeness (QED) is 0.489. The van der Waals surface area contributed by atoms with Gasteiger partial charge in [-0.2, -0.15) is 4.98 Å². The van der Waals surface area contributed by atoms with Gasteiger partial charge in [-0.25, -0.2) is 4.98 Å². The number of benzene rings is 1. The second kappa shape index (κ2) is 9.12. The maximum Gasteiger partial charge on any atom is 0.225 e. The van der Waals surface area contributed by atoms with Crippen LogP contribution in [0, 0.1) is 12.8 Å². The van der Waals surface area contributed by atoms with Gasteiger partial charge in [-0.1, -0.05) is 26.0 Å². The minimum absolute atomic E-state index is 0.00110. The average Bonchev–Trinajstić information content (AvgIpc) is 2.68. The first-order valence-corrected chi connectivity index (χ1v) is 9.96. The fourth-order valence-corrected chi connectivity index (χ4v) is 3.26. The van der Waals surface area contributed by atoms with Gasteiger partial charge in [-0.15, -0.1) is 0 Å². The van der Waals surface area contributed by atoms with Crippen LogP contribution in [0.25, 0.3) is 11.4 Å². The summed E-state index contributed by atoms with van der Waals surface area (Å²) < 4.78 is 0.954. The fraction of sp³-hybridized carbons (Fsp3) is 0.286. The number of nitrogens with one attached hydrogen (secondary N) is 2. The summed E-state index contributed by atoms with van der Waals surface area (Å²) in [6.07, 6.45) is 1.73. The van der Waals surface area contributed by atoms with Crippen LogP contribution in [0.3, 0.4) is 0 Å². The van der Waals surface area contributed by atoms with Crippen molar-refractivity contribution in [2.24, 2.45) is 5.92 Å². The van der Waals surface area contributed by atoms with E-state index in [1.54, 1.807) is 6.20 Å². The van der Waals surface area contributed by atoms with Crippen molar-refractivity contribution >= 4 is 33.4 Å². The molecule has 0 unspecified atom stereocenters. The molecule has 1 aromatic carbocycles. The van der Waals surface area contributed by atoms with E-state index >= 15 is 0 Å². The molecule has 0 fully saturated rings. The minimum atomic E-state index is -0.141. The number of halogens is 1. The second-order valence-corrected chi connectivity index (χ2v) is 7.82. The van der Waals surface area contributed by atoms with Crippen molar-refractivity contribution in [1.82, 2.24) is 15.0 Å². The van der Waals surface area contributed by atoms with Gasteiger partial charge in [0.05, 0.1) is 29.7 Å². The van der Waals surface area contributed by atoms with E-state index in [-0.39, 0.29) is 18.6 Å². The van der Waals surface area contributed by atoms with Crippen molar-refractivity contribution in [3.8, 4) is 11.4 Å². The van der Waals surface area contributed by atoms with E-state index in [0.717, 1.165) is 15.9 Å². The molecular formula is C21H24BrN5O. The number of aryl methyl sites for hydroxylation is 1. The Morgan fingerprint density at radius 1 is 1.07 bits per heavy atom. The largest absolute Gasteiger partial charge is 0.394 e. The third kappa shape index (κ3) is 5.05. The lowest BCUT2D eigenvalue weighted by molar-refractivity contribution is 0.248. The molecule has 0 spiro atoms. The highest BCUT2D eigenvalue weighted by atomic mass is 79.9. The Bertz CT molecular complexity index is 933. The highest BCUT2D eigenvalue weighted by Gasteiger charge is 2.15. The highest BCUT2D eigenvalue weighted by Crippen LogP contribution is 2.28. The molecule has 3 aromatic rings. The molecule has 28 heavy (non-hydrogen) atoms. The second-order valence-electron chi connectivity index (χ2n) is 6.96. The topological polar surface area (TPSA) is 83.0 Å². The van der Waals surface area contributed by atoms with Gasteiger partial charge in [0.2, 0.25) is 5.95 Å². The zero-order valence-corrected chi connectivity index (χ0v) is 17.7. The number of hydrogen-bond donors (Lipinski definition) is 3. The highest BCUT2D eigenvalue weighted by molar-refractivity contribution is 9.10. The van der Waals surface area contributed by atoms with E-state index in [9.17, 15) is 5.11 Å². The van der Waals surface area contributed by atoms with Gasteiger partial charge in [-0.05, 0) is 58.6 Å². The summed E-state index contributed by atoms with van der Waals surface area (Å²) in [5.74, 6) is 1.32. The van der Waals surface area contributed by atoms with Gasteiger partial charge in [0, 0.05) is 16.7 Å². The molecule has 0 amide bonds. The van der Waals surface area contributed by atoms with E-state index < -0.39 is 0 Å². The fourth-order valence-electron chi connectivity index (χ4n) is 2.67. The first-order valence-electron chi connectivity index (χ1n) is 9.17. The van der Waals surface area contributed by atoms with Gasteiger partial charge in [0.15, 0.2) is 0 Å². The third-order valence-corrected chi connectivity index (χ3v) is 5.01. The Hall–Kier alpha value is -2.51. The van der Waals surface area contributed by atoms with Gasteiger partial charge in [0.1, 0.15) is 5.82 Å². The zero-order chi connectivity index (χ0) is 20.1. The number of aliphatic hydroxyl groups is 1. The first-order chi connectivity index (χ1) is 13.5. The Balaban J connectivity index is 1.99. The van der Waals surface area contributed by atoms with Gasteiger partial charge in [-0.3, -0.25) is 4.98 Å². The van der Waals surface area contributed by atoms with Crippen LogP contribution in [0.1, 0.15) is 19.4 Å². The summed E-state index contributed by atoms with van der Waals surface area (Å²) in [7, 11) is 0. The molecule has 0 aliphatic carbocycles. The Morgan fingerprint density at radius 3 is 2.54 bits per heavy atom. The van der Waals surface area contributed by atoms with Crippen LogP contribution in [0.4, 0.5) is 17.5 Å². The molecule has 2 heterocycles. The lowest BCUT2D eigenvalue weighted by atomic mass is 10.1. The zero-order valence-electron chi connectivity index (χ0n) is 16.1. The lowest BCUT2D eigenvalue weighted by Gasteiger charge is -2.20. The number of hydrogen-bond acceptors (Lipinski definition) is 6. The number of rotatable bonds is 7. The summed E-state index contributed by atoms with van der Waals surface area (Å²) in [6, 6.07) is 13.5. The molecule has 1 atom stereocenters. The Morgan fingerprint density at radius 2 is 1.89 bits per heavy atom. The Kier molecular flexibility index (Phi) is 6.59. The summed E-state index contributed by atoms with van der Waals surface area (Å²) in [4.78, 5) is 13.6. The summed E-state index contributed by atoms with van der Waals surface area (Å²) in [6.45, 7) is 6.13. The number of pyridine rings is 1. The summed E-state index contributed by atoms with van der Waals surface area (Å²) >= 11 is 3.59. The SMILES string of the molecule is Cc1ccc(Nc2cc(-c3ccccn3)nc(N[C@H](CO)C(C)C)n2)c(Br)c1. The normalized spacial score (nSPS) is 12.1. The van der Waals surface area contributed by atoms with Crippen LogP contribution >= 0.6 is 15.9 Å². The molecule has 0 radical (unpaired) electrons. The molecule has 0 saturated heterocycles. The molecule has 7 heteroatoms. The van der Waals surface area contributed by atoms with Crippen LogP contribution in [0.5, 0.6) is 0 Å². The maximum absolute atomic E-state index is 9.66. The molecule has 0 aliphatic rings. The monoisotopic (exact) mass is 441 g/mol. The van der Waals surface area contributed by atoms with E-state index in [1.807, 2.05) is 63.2 Å². The van der Waals surface area contributed by atoms with E-state index in [2.05, 4.69) is 41.5 Å². The molecule has 146 valence electrons. The van der Waals surface area contributed by atoms with Crippen LogP contribution in [0.15, 0.2) is 53.1 Å². The molecular weight excluding hydrogens is 418 g/mol. The average molecular weight is 442 g/mol. The van der Waals surface area contributed by atoms with E-state index in [1.165, 1.54) is 5.56 Å². The lowest BCUT2D eigenvalue weighted by Crippen LogP contribution is -2.30. The molecule has 3 N–H and O–H groups in total. The van der Waals surface area contributed by atoms with Crippen LogP contribution in [0.2, 0.25) is 0 Å². The van der Waals surface area contributed by atoms with Crippen molar-refractivity contribution in [3.63, 3.8) is 0 Å². The van der Waals surface area contributed by atoms with E-state index in [0.29, 0.717) is 17.5 Å². The van der Waals surface area contributed by atoms with Gasteiger partial charge < -0.3 is 15.7 Å². The smallest absolute Gasteiger partial charge is 0.225 e. The van der Waals surface area contributed by atoms with Crippen molar-refractivity contribution in [2.75, 3.05) is 17.2 Å². The van der Waals surface area contributed by atoms with E-state index in [4.69, 9.17) is 0 Å². The standard InChI is InChI=1S/C21H24BrN5O/c1-13(2)19(12-28)26-21-25-18(17-6-4-5-9-23-17)11-20(27-21)24-16-8-7-14(3)10-15(16)22/h4-11,13,19,28H,12H2,1-3H3,(H2,24,25,26,27)/t19-/m1/s1. The minimum Gasteiger partial charge on any atom is -0.394 e. The third-order valence-electron chi connectivity index (χ3n) is 4.36. The molecule has 0 bridgehead atoms. The summed E-state index contributed by atoms with van der Waals surface area (Å²) in [5.41, 5.74) is 3.53. The number of nitrogens with zero attached hydrogens (tertiary/aromatic N) is 3. The van der Waals surface area contributed by atoms with Gasteiger partial charge in [0.25, 0.3) is 0 Å². The predicted octanol–water partition coefficient (Wildman–Crippen LogP) is 4.78. The molecule has 2 aromatic heterocycles. The van der Waals surface area contributed by atoms with Crippen LogP contribution in [-0.2, 0) is 0 Å². The van der Waals surface area contributed by atoms with Crippen molar-refractivity contribution in [3.05, 3.63) is 58.7 Å². The number of aromatic nitrogens is 3. The number of aliphatic hydroxyl groups excluding tert-OH is 1. The van der Waals surface area contributed by atoms with Crippen LogP contribution < -0.4 is 10.6 Å². The van der Waals surface area contributed by atoms with Crippen molar-refractivity contribution < 1.29 is 5.11 Å². The first kappa shape index (κ1) is 20.2. The molecule has 0 saturated carbocycles.